The highest BCUT2D eigenvalue weighted by Crippen LogP contribution is 2.28. The maximum Gasteiger partial charge on any atom is 0.405 e. The molecule has 0 unspecified atom stereocenters. The highest BCUT2D eigenvalue weighted by molar-refractivity contribution is 5.95. The Morgan fingerprint density at radius 3 is 2.32 bits per heavy atom. The Morgan fingerprint density at radius 2 is 1.75 bits per heavy atom. The molecule has 1 rings (SSSR count). The number of urea groups is 1. The summed E-state index contributed by atoms with van der Waals surface area (Å²) in [5.41, 5.74) is 0.368. The normalized spacial score (nSPS) is 10.6. The molecule has 12 heteroatoms. The number of ketones is 1. The van der Waals surface area contributed by atoms with Crippen molar-refractivity contribution in [2.45, 2.75) is 13.1 Å². The Morgan fingerprint density at radius 1 is 1.07 bits per heavy atom. The average Bonchev–Trinajstić information content (AvgIpc) is 2.62. The van der Waals surface area contributed by atoms with Crippen LogP contribution in [0.3, 0.4) is 0 Å². The van der Waals surface area contributed by atoms with Crippen molar-refractivity contribution in [3.8, 4) is 11.5 Å². The van der Waals surface area contributed by atoms with E-state index in [1.54, 1.807) is 5.32 Å². The number of benzene rings is 1. The summed E-state index contributed by atoms with van der Waals surface area (Å²) in [6.45, 7) is -1.78. The van der Waals surface area contributed by atoms with Crippen LogP contribution >= 0.6 is 0 Å². The van der Waals surface area contributed by atoms with Crippen LogP contribution in [0.4, 0.5) is 18.0 Å². The van der Waals surface area contributed by atoms with Crippen molar-refractivity contribution >= 4 is 23.7 Å². The van der Waals surface area contributed by atoms with Crippen molar-refractivity contribution in [2.24, 2.45) is 0 Å². The number of Topliss-reactive ketones (excluding diaryl/α,β-unsaturated/α-hetero) is 1. The van der Waals surface area contributed by atoms with Crippen molar-refractivity contribution < 1.29 is 46.6 Å². The molecule has 0 spiro atoms. The molecule has 1 aromatic carbocycles. The number of alkyl halides is 3. The van der Waals surface area contributed by atoms with E-state index in [2.05, 4.69) is 4.74 Å². The van der Waals surface area contributed by atoms with Gasteiger partial charge >= 0.3 is 18.2 Å². The second-order valence-corrected chi connectivity index (χ2v) is 5.22. The molecule has 0 bridgehead atoms. The molecule has 0 aliphatic carbocycles. The van der Waals surface area contributed by atoms with Crippen LogP contribution < -0.4 is 20.1 Å². The number of carbonyl (C=O) groups excluding carboxylic acids is 4. The Balaban J connectivity index is 2.42. The van der Waals surface area contributed by atoms with E-state index in [0.29, 0.717) is 5.56 Å². The van der Waals surface area contributed by atoms with E-state index >= 15 is 0 Å². The molecule has 0 saturated carbocycles. The highest BCUT2D eigenvalue weighted by atomic mass is 19.4. The number of rotatable bonds is 8. The standard InChI is InChI=1S/C16H17F3N2O7/c1-9(22)10-3-4-11(12(5-10)26-2)27-7-14(24)28-6-13(23)21-15(25)20-8-16(17,18)19/h3-5H,6-8H2,1-2H3,(H2,20,21,23,25). The molecular weight excluding hydrogens is 389 g/mol. The van der Waals surface area contributed by atoms with Gasteiger partial charge < -0.3 is 19.5 Å². The Hall–Kier alpha value is -3.31. The van der Waals surface area contributed by atoms with Crippen molar-refractivity contribution in [3.63, 3.8) is 0 Å². The molecule has 28 heavy (non-hydrogen) atoms. The summed E-state index contributed by atoms with van der Waals surface area (Å²) in [4.78, 5) is 45.3. The maximum atomic E-state index is 11.9. The van der Waals surface area contributed by atoms with E-state index in [1.807, 2.05) is 0 Å². The number of esters is 1. The summed E-state index contributed by atoms with van der Waals surface area (Å²) in [6, 6.07) is 2.89. The van der Waals surface area contributed by atoms with Crippen LogP contribution in [0.25, 0.3) is 0 Å². The molecule has 0 radical (unpaired) electrons. The van der Waals surface area contributed by atoms with E-state index in [0.717, 1.165) is 0 Å². The Bertz CT molecular complexity index is 750. The molecular formula is C16H17F3N2O7. The molecule has 0 atom stereocenters. The average molecular weight is 406 g/mol. The van der Waals surface area contributed by atoms with Crippen LogP contribution in [-0.4, -0.2) is 56.7 Å². The molecule has 9 nitrogen and oxygen atoms in total. The largest absolute Gasteiger partial charge is 0.493 e. The smallest absolute Gasteiger partial charge is 0.405 e. The van der Waals surface area contributed by atoms with Gasteiger partial charge in [0.1, 0.15) is 6.54 Å². The molecule has 154 valence electrons. The molecule has 0 heterocycles. The van der Waals surface area contributed by atoms with E-state index in [4.69, 9.17) is 9.47 Å². The van der Waals surface area contributed by atoms with E-state index < -0.39 is 43.8 Å². The number of hydrogen-bond acceptors (Lipinski definition) is 7. The number of halogens is 3. The van der Waals surface area contributed by atoms with Crippen LogP contribution in [-0.2, 0) is 14.3 Å². The zero-order chi connectivity index (χ0) is 21.3. The second-order valence-electron chi connectivity index (χ2n) is 5.22. The summed E-state index contributed by atoms with van der Waals surface area (Å²) in [5.74, 6) is -1.98. The van der Waals surface area contributed by atoms with Crippen LogP contribution in [0, 0.1) is 0 Å². The van der Waals surface area contributed by atoms with Gasteiger partial charge in [-0.15, -0.1) is 0 Å². The Labute approximate surface area is 157 Å². The summed E-state index contributed by atoms with van der Waals surface area (Å²) in [7, 11) is 1.33. The van der Waals surface area contributed by atoms with Crippen molar-refractivity contribution in [1.82, 2.24) is 10.6 Å². The summed E-state index contributed by atoms with van der Waals surface area (Å²) < 4.78 is 50.5. The lowest BCUT2D eigenvalue weighted by Gasteiger charge is -2.11. The van der Waals surface area contributed by atoms with Crippen molar-refractivity contribution in [1.29, 1.82) is 0 Å². The van der Waals surface area contributed by atoms with Gasteiger partial charge in [-0.3, -0.25) is 14.9 Å². The lowest BCUT2D eigenvalue weighted by atomic mass is 10.1. The first-order valence-corrected chi connectivity index (χ1v) is 7.63. The van der Waals surface area contributed by atoms with Gasteiger partial charge in [0.2, 0.25) is 0 Å². The number of amides is 3. The summed E-state index contributed by atoms with van der Waals surface area (Å²) in [5, 5.41) is 2.97. The topological polar surface area (TPSA) is 120 Å². The van der Waals surface area contributed by atoms with Gasteiger partial charge in [0.25, 0.3) is 5.91 Å². The molecule has 0 aliphatic heterocycles. The zero-order valence-corrected chi connectivity index (χ0v) is 14.8. The minimum Gasteiger partial charge on any atom is -0.493 e. The van der Waals surface area contributed by atoms with E-state index in [9.17, 15) is 32.3 Å². The number of imide groups is 1. The Kier molecular flexibility index (Phi) is 8.23. The molecule has 0 fully saturated rings. The van der Waals surface area contributed by atoms with Gasteiger partial charge in [-0.25, -0.2) is 9.59 Å². The number of methoxy groups -OCH3 is 1. The fourth-order valence-corrected chi connectivity index (χ4v) is 1.72. The van der Waals surface area contributed by atoms with Gasteiger partial charge in [0.05, 0.1) is 7.11 Å². The van der Waals surface area contributed by atoms with E-state index in [-0.39, 0.29) is 17.3 Å². The number of carbonyl (C=O) groups is 4. The number of hydrogen-bond donors (Lipinski definition) is 2. The zero-order valence-electron chi connectivity index (χ0n) is 14.8. The molecule has 3 amide bonds. The fraction of sp³-hybridized carbons (Fsp3) is 0.375. The molecule has 0 aromatic heterocycles. The van der Waals surface area contributed by atoms with Crippen LogP contribution in [0.1, 0.15) is 17.3 Å². The fourth-order valence-electron chi connectivity index (χ4n) is 1.72. The first-order chi connectivity index (χ1) is 13.0. The van der Waals surface area contributed by atoms with E-state index in [1.165, 1.54) is 37.5 Å². The highest BCUT2D eigenvalue weighted by Gasteiger charge is 2.28. The van der Waals surface area contributed by atoms with Gasteiger partial charge in [-0.1, -0.05) is 0 Å². The van der Waals surface area contributed by atoms with Crippen LogP contribution in [0.2, 0.25) is 0 Å². The maximum absolute atomic E-state index is 11.9. The third-order valence-corrected chi connectivity index (χ3v) is 2.98. The first kappa shape index (κ1) is 22.7. The number of ether oxygens (including phenoxy) is 3. The monoisotopic (exact) mass is 406 g/mol. The van der Waals surface area contributed by atoms with Gasteiger partial charge in [0, 0.05) is 5.56 Å². The van der Waals surface area contributed by atoms with Crippen molar-refractivity contribution in [3.05, 3.63) is 23.8 Å². The predicted octanol–water partition coefficient (Wildman–Crippen LogP) is 1.21. The van der Waals surface area contributed by atoms with Gasteiger partial charge in [-0.2, -0.15) is 13.2 Å². The summed E-state index contributed by atoms with van der Waals surface area (Å²) in [6.07, 6.45) is -4.63. The lowest BCUT2D eigenvalue weighted by Crippen LogP contribution is -2.44. The quantitative estimate of drug-likeness (QED) is 0.492. The minimum absolute atomic E-state index is 0.139. The molecule has 2 N–H and O–H groups in total. The minimum atomic E-state index is -4.63. The third kappa shape index (κ3) is 8.38. The van der Waals surface area contributed by atoms with Crippen LogP contribution in [0.15, 0.2) is 18.2 Å². The second kappa shape index (κ2) is 10.1. The predicted molar refractivity (Wildman–Crippen MR) is 87.0 cm³/mol. The summed E-state index contributed by atoms with van der Waals surface area (Å²) >= 11 is 0. The molecule has 0 saturated heterocycles. The molecule has 0 aliphatic rings. The SMILES string of the molecule is COc1cc(C(C)=O)ccc1OCC(=O)OCC(=O)NC(=O)NCC(F)(F)F. The van der Waals surface area contributed by atoms with Gasteiger partial charge in [-0.05, 0) is 25.1 Å². The third-order valence-electron chi connectivity index (χ3n) is 2.98. The number of nitrogens with one attached hydrogen (secondary N) is 2. The lowest BCUT2D eigenvalue weighted by molar-refractivity contribution is -0.150. The van der Waals surface area contributed by atoms with Crippen molar-refractivity contribution in [2.75, 3.05) is 26.9 Å². The van der Waals surface area contributed by atoms with Gasteiger partial charge in [0.15, 0.2) is 30.5 Å². The molecule has 1 aromatic rings. The van der Waals surface area contributed by atoms with Crippen LogP contribution in [0.5, 0.6) is 11.5 Å². The first-order valence-electron chi connectivity index (χ1n) is 7.63.